The first-order valence-electron chi connectivity index (χ1n) is 6.87. The number of carbonyl (C=O) groups is 1. The highest BCUT2D eigenvalue weighted by Crippen LogP contribution is 2.18. The topological polar surface area (TPSA) is 23.6 Å². The van der Waals surface area contributed by atoms with E-state index in [0.717, 1.165) is 22.2 Å². The summed E-state index contributed by atoms with van der Waals surface area (Å²) in [5.41, 5.74) is 0.781. The number of hydrogen-bond acceptors (Lipinski definition) is 2. The molecule has 1 saturated heterocycles. The molecular formula is C15H21IN2O. The minimum atomic E-state index is 0.124. The standard InChI is InChI=1S/C15H21IN2O/c1-3-18-10-4-5-14(18)11-17(2)15(19)12-6-8-13(16)9-7-12/h6-9,14H,3-5,10-11H2,1-2H3. The second-order valence-corrected chi connectivity index (χ2v) is 6.36. The lowest BCUT2D eigenvalue weighted by Crippen LogP contribution is -2.41. The fourth-order valence-electron chi connectivity index (χ4n) is 2.73. The van der Waals surface area contributed by atoms with Crippen LogP contribution in [0.3, 0.4) is 0 Å². The summed E-state index contributed by atoms with van der Waals surface area (Å²) >= 11 is 2.25. The Morgan fingerprint density at radius 2 is 2.11 bits per heavy atom. The molecular weight excluding hydrogens is 351 g/mol. The van der Waals surface area contributed by atoms with Gasteiger partial charge in [-0.2, -0.15) is 0 Å². The summed E-state index contributed by atoms with van der Waals surface area (Å²) in [4.78, 5) is 16.7. The summed E-state index contributed by atoms with van der Waals surface area (Å²) in [6.07, 6.45) is 2.46. The third-order valence-corrected chi connectivity index (χ3v) is 4.55. The Hall–Kier alpha value is -0.620. The highest BCUT2D eigenvalue weighted by molar-refractivity contribution is 14.1. The van der Waals surface area contributed by atoms with Crippen molar-refractivity contribution in [1.29, 1.82) is 0 Å². The smallest absolute Gasteiger partial charge is 0.253 e. The molecule has 1 fully saturated rings. The van der Waals surface area contributed by atoms with Gasteiger partial charge in [0, 0.05) is 28.8 Å². The van der Waals surface area contributed by atoms with Crippen molar-refractivity contribution >= 4 is 28.5 Å². The van der Waals surface area contributed by atoms with Crippen molar-refractivity contribution < 1.29 is 4.79 Å². The molecule has 0 spiro atoms. The van der Waals surface area contributed by atoms with Gasteiger partial charge in [0.05, 0.1) is 0 Å². The molecule has 1 aliphatic heterocycles. The molecule has 1 aliphatic rings. The lowest BCUT2D eigenvalue weighted by molar-refractivity contribution is 0.0754. The number of carbonyl (C=O) groups excluding carboxylic acids is 1. The molecule has 1 aromatic rings. The second kappa shape index (κ2) is 6.70. The molecule has 0 saturated carbocycles. The first-order chi connectivity index (χ1) is 9.11. The molecule has 0 aromatic heterocycles. The van der Waals surface area contributed by atoms with Gasteiger partial charge in [-0.3, -0.25) is 9.69 Å². The number of halogens is 1. The number of amides is 1. The summed E-state index contributed by atoms with van der Waals surface area (Å²) in [6, 6.07) is 8.31. The monoisotopic (exact) mass is 372 g/mol. The summed E-state index contributed by atoms with van der Waals surface area (Å²) < 4.78 is 1.16. The van der Waals surface area contributed by atoms with Crippen molar-refractivity contribution in [3.05, 3.63) is 33.4 Å². The van der Waals surface area contributed by atoms with Crippen molar-refractivity contribution in [2.75, 3.05) is 26.7 Å². The van der Waals surface area contributed by atoms with Crippen LogP contribution >= 0.6 is 22.6 Å². The zero-order chi connectivity index (χ0) is 13.8. The van der Waals surface area contributed by atoms with Gasteiger partial charge >= 0.3 is 0 Å². The van der Waals surface area contributed by atoms with Gasteiger partial charge < -0.3 is 4.90 Å². The first-order valence-corrected chi connectivity index (χ1v) is 7.94. The van der Waals surface area contributed by atoms with Crippen LogP contribution in [0.2, 0.25) is 0 Å². The van der Waals surface area contributed by atoms with E-state index in [1.54, 1.807) is 0 Å². The maximum atomic E-state index is 12.3. The number of rotatable bonds is 4. The van der Waals surface area contributed by atoms with Gasteiger partial charge in [0.25, 0.3) is 5.91 Å². The van der Waals surface area contributed by atoms with Crippen LogP contribution in [0.15, 0.2) is 24.3 Å². The Bertz CT molecular complexity index is 432. The first kappa shape index (κ1) is 14.8. The summed E-state index contributed by atoms with van der Waals surface area (Å²) in [5.74, 6) is 0.124. The van der Waals surface area contributed by atoms with Crippen LogP contribution in [0, 0.1) is 3.57 Å². The predicted octanol–water partition coefficient (Wildman–Crippen LogP) is 2.85. The van der Waals surface area contributed by atoms with Crippen molar-refractivity contribution in [2.45, 2.75) is 25.8 Å². The van der Waals surface area contributed by atoms with Crippen LogP contribution in [-0.4, -0.2) is 48.4 Å². The van der Waals surface area contributed by atoms with Gasteiger partial charge in [-0.15, -0.1) is 0 Å². The van der Waals surface area contributed by atoms with Gasteiger partial charge in [0.1, 0.15) is 0 Å². The van der Waals surface area contributed by atoms with Crippen molar-refractivity contribution in [1.82, 2.24) is 9.80 Å². The normalized spacial score (nSPS) is 19.6. The van der Waals surface area contributed by atoms with Crippen molar-refractivity contribution in [2.24, 2.45) is 0 Å². The molecule has 0 N–H and O–H groups in total. The van der Waals surface area contributed by atoms with Crippen LogP contribution in [0.5, 0.6) is 0 Å². The van der Waals surface area contributed by atoms with Gasteiger partial charge in [-0.25, -0.2) is 0 Å². The molecule has 1 amide bonds. The van der Waals surface area contributed by atoms with E-state index in [-0.39, 0.29) is 5.91 Å². The van der Waals surface area contributed by atoms with Crippen molar-refractivity contribution in [3.63, 3.8) is 0 Å². The predicted molar refractivity (Wildman–Crippen MR) is 86.4 cm³/mol. The fraction of sp³-hybridized carbons (Fsp3) is 0.533. The Kier molecular flexibility index (Phi) is 5.21. The maximum Gasteiger partial charge on any atom is 0.253 e. The van der Waals surface area contributed by atoms with Crippen LogP contribution < -0.4 is 0 Å². The third kappa shape index (κ3) is 3.69. The molecule has 3 nitrogen and oxygen atoms in total. The Balaban J connectivity index is 1.97. The summed E-state index contributed by atoms with van der Waals surface area (Å²) in [7, 11) is 1.91. The molecule has 1 aromatic carbocycles. The summed E-state index contributed by atoms with van der Waals surface area (Å²) in [5, 5.41) is 0. The number of likely N-dealkylation sites (tertiary alicyclic amines) is 1. The molecule has 1 atom stereocenters. The largest absolute Gasteiger partial charge is 0.340 e. The van der Waals surface area contributed by atoms with Gasteiger partial charge in [-0.05, 0) is 72.8 Å². The van der Waals surface area contributed by atoms with E-state index in [9.17, 15) is 4.79 Å². The quantitative estimate of drug-likeness (QED) is 0.759. The lowest BCUT2D eigenvalue weighted by Gasteiger charge is -2.27. The molecule has 0 radical (unpaired) electrons. The highest BCUT2D eigenvalue weighted by Gasteiger charge is 2.25. The van der Waals surface area contributed by atoms with E-state index in [2.05, 4.69) is 34.4 Å². The molecule has 0 bridgehead atoms. The molecule has 2 rings (SSSR count). The average molecular weight is 372 g/mol. The molecule has 4 heteroatoms. The third-order valence-electron chi connectivity index (χ3n) is 3.83. The zero-order valence-corrected chi connectivity index (χ0v) is 13.8. The van der Waals surface area contributed by atoms with Gasteiger partial charge in [0.15, 0.2) is 0 Å². The molecule has 19 heavy (non-hydrogen) atoms. The lowest BCUT2D eigenvalue weighted by atomic mass is 10.1. The van der Waals surface area contributed by atoms with E-state index in [0.29, 0.717) is 6.04 Å². The van der Waals surface area contributed by atoms with E-state index in [1.807, 2.05) is 36.2 Å². The van der Waals surface area contributed by atoms with Crippen LogP contribution in [-0.2, 0) is 0 Å². The highest BCUT2D eigenvalue weighted by atomic mass is 127. The fourth-order valence-corrected chi connectivity index (χ4v) is 3.09. The minimum absolute atomic E-state index is 0.124. The summed E-state index contributed by atoms with van der Waals surface area (Å²) in [6.45, 7) is 5.28. The minimum Gasteiger partial charge on any atom is -0.340 e. The average Bonchev–Trinajstić information content (AvgIpc) is 2.86. The number of hydrogen-bond donors (Lipinski definition) is 0. The SMILES string of the molecule is CCN1CCCC1CN(C)C(=O)c1ccc(I)cc1. The van der Waals surface area contributed by atoms with E-state index in [1.165, 1.54) is 19.4 Å². The Morgan fingerprint density at radius 1 is 1.42 bits per heavy atom. The van der Waals surface area contributed by atoms with Gasteiger partial charge in [0.2, 0.25) is 0 Å². The van der Waals surface area contributed by atoms with E-state index < -0.39 is 0 Å². The molecule has 0 aliphatic carbocycles. The van der Waals surface area contributed by atoms with Crippen LogP contribution in [0.25, 0.3) is 0 Å². The van der Waals surface area contributed by atoms with E-state index in [4.69, 9.17) is 0 Å². The zero-order valence-electron chi connectivity index (χ0n) is 11.6. The number of likely N-dealkylation sites (N-methyl/N-ethyl adjacent to an activating group) is 2. The molecule has 1 heterocycles. The van der Waals surface area contributed by atoms with Crippen molar-refractivity contribution in [3.8, 4) is 0 Å². The number of benzene rings is 1. The Labute approximate surface area is 129 Å². The molecule has 1 unspecified atom stereocenters. The van der Waals surface area contributed by atoms with Crippen LogP contribution in [0.4, 0.5) is 0 Å². The Morgan fingerprint density at radius 3 is 2.74 bits per heavy atom. The van der Waals surface area contributed by atoms with Gasteiger partial charge in [-0.1, -0.05) is 6.92 Å². The van der Waals surface area contributed by atoms with E-state index >= 15 is 0 Å². The maximum absolute atomic E-state index is 12.3. The molecule has 104 valence electrons. The van der Waals surface area contributed by atoms with Crippen LogP contribution in [0.1, 0.15) is 30.1 Å². The second-order valence-electron chi connectivity index (χ2n) is 5.12. The number of nitrogens with zero attached hydrogens (tertiary/aromatic N) is 2.